The third-order valence-electron chi connectivity index (χ3n) is 2.72. The van der Waals surface area contributed by atoms with Crippen LogP contribution in [-0.2, 0) is 14.8 Å². The molecule has 0 aromatic rings. The molecule has 0 aromatic carbocycles. The Bertz CT molecular complexity index is 414. The number of carbonyl (C=O) groups excluding carboxylic acids is 2. The van der Waals surface area contributed by atoms with E-state index in [1.165, 1.54) is 4.31 Å². The summed E-state index contributed by atoms with van der Waals surface area (Å²) in [5.41, 5.74) is 4.82. The molecule has 0 spiro atoms. The Kier molecular flexibility index (Phi) is 5.05. The molecule has 1 aliphatic heterocycles. The maximum absolute atomic E-state index is 11.6. The van der Waals surface area contributed by atoms with E-state index in [0.29, 0.717) is 26.2 Å². The number of sulfonamides is 1. The van der Waals surface area contributed by atoms with Gasteiger partial charge < -0.3 is 5.73 Å². The molecule has 8 nitrogen and oxygen atoms in total. The first-order valence-electron chi connectivity index (χ1n) is 5.64. The number of piperazine rings is 1. The zero-order chi connectivity index (χ0) is 13.8. The largest absolute Gasteiger partial charge is 0.351 e. The summed E-state index contributed by atoms with van der Waals surface area (Å²) in [6.07, 6.45) is 0. The minimum absolute atomic E-state index is 0.0446. The van der Waals surface area contributed by atoms with Gasteiger partial charge in [-0.15, -0.1) is 0 Å². The van der Waals surface area contributed by atoms with Gasteiger partial charge in [0.15, 0.2) is 0 Å². The monoisotopic (exact) mass is 278 g/mol. The van der Waals surface area contributed by atoms with E-state index in [0.717, 1.165) is 0 Å². The summed E-state index contributed by atoms with van der Waals surface area (Å²) in [7, 11) is -3.16. The number of rotatable bonds is 4. The van der Waals surface area contributed by atoms with Crippen molar-refractivity contribution in [2.75, 3.05) is 38.5 Å². The quantitative estimate of drug-likeness (QED) is 0.626. The number of hydrogen-bond donors (Lipinski definition) is 2. The molecule has 1 heterocycles. The molecule has 9 heteroatoms. The van der Waals surface area contributed by atoms with Crippen molar-refractivity contribution in [1.82, 2.24) is 14.5 Å². The summed E-state index contributed by atoms with van der Waals surface area (Å²) in [6.45, 7) is 3.29. The lowest BCUT2D eigenvalue weighted by Gasteiger charge is -2.33. The normalized spacial score (nSPS) is 18.5. The molecule has 0 radical (unpaired) electrons. The third-order valence-corrected chi connectivity index (χ3v) is 4.60. The lowest BCUT2D eigenvalue weighted by atomic mass is 10.3. The molecule has 0 saturated carbocycles. The number of amides is 3. The molecule has 18 heavy (non-hydrogen) atoms. The van der Waals surface area contributed by atoms with Gasteiger partial charge in [-0.05, 0) is 6.92 Å². The molecule has 3 N–H and O–H groups in total. The van der Waals surface area contributed by atoms with E-state index in [4.69, 9.17) is 5.73 Å². The molecule has 1 fully saturated rings. The Morgan fingerprint density at radius 2 is 1.78 bits per heavy atom. The molecule has 104 valence electrons. The SMILES string of the molecule is CCS(=O)(=O)N1CCN(CC(=O)NC(N)=O)CC1. The summed E-state index contributed by atoms with van der Waals surface area (Å²) < 4.78 is 24.6. The molecule has 3 amide bonds. The number of nitrogens with zero attached hydrogens (tertiary/aromatic N) is 2. The van der Waals surface area contributed by atoms with Gasteiger partial charge in [0.2, 0.25) is 15.9 Å². The molecule has 0 aromatic heterocycles. The van der Waals surface area contributed by atoms with Gasteiger partial charge >= 0.3 is 6.03 Å². The van der Waals surface area contributed by atoms with Crippen molar-refractivity contribution in [3.8, 4) is 0 Å². The van der Waals surface area contributed by atoms with Crippen molar-refractivity contribution < 1.29 is 18.0 Å². The average molecular weight is 278 g/mol. The maximum Gasteiger partial charge on any atom is 0.318 e. The maximum atomic E-state index is 11.6. The second-order valence-electron chi connectivity index (χ2n) is 3.99. The van der Waals surface area contributed by atoms with Crippen LogP contribution in [0.3, 0.4) is 0 Å². The first-order chi connectivity index (χ1) is 8.35. The minimum Gasteiger partial charge on any atom is -0.351 e. The topological polar surface area (TPSA) is 113 Å². The van der Waals surface area contributed by atoms with E-state index in [-0.39, 0.29) is 12.3 Å². The zero-order valence-corrected chi connectivity index (χ0v) is 11.1. The van der Waals surface area contributed by atoms with E-state index < -0.39 is 22.0 Å². The minimum atomic E-state index is -3.16. The molecule has 1 aliphatic rings. The lowest BCUT2D eigenvalue weighted by molar-refractivity contribution is -0.121. The average Bonchev–Trinajstić information content (AvgIpc) is 2.28. The Labute approximate surface area is 106 Å². The van der Waals surface area contributed by atoms with Gasteiger partial charge in [0, 0.05) is 26.2 Å². The first-order valence-corrected chi connectivity index (χ1v) is 7.25. The molecule has 1 rings (SSSR count). The van der Waals surface area contributed by atoms with E-state index >= 15 is 0 Å². The number of primary amides is 1. The van der Waals surface area contributed by atoms with Crippen LogP contribution in [-0.4, -0.2) is 68.0 Å². The smallest absolute Gasteiger partial charge is 0.318 e. The molecule has 0 unspecified atom stereocenters. The Balaban J connectivity index is 2.40. The van der Waals surface area contributed by atoms with Crippen LogP contribution in [0, 0.1) is 0 Å². The standard InChI is InChI=1S/C9H18N4O4S/c1-2-18(16,17)13-5-3-12(4-6-13)7-8(14)11-9(10)15/h2-7H2,1H3,(H3,10,11,14,15). The fourth-order valence-electron chi connectivity index (χ4n) is 1.73. The zero-order valence-electron chi connectivity index (χ0n) is 10.3. The van der Waals surface area contributed by atoms with Crippen molar-refractivity contribution >= 4 is 22.0 Å². The van der Waals surface area contributed by atoms with Crippen LogP contribution in [0.25, 0.3) is 0 Å². The molecular weight excluding hydrogens is 260 g/mol. The fraction of sp³-hybridized carbons (Fsp3) is 0.778. The molecular formula is C9H18N4O4S. The van der Waals surface area contributed by atoms with Gasteiger partial charge in [-0.2, -0.15) is 4.31 Å². The summed E-state index contributed by atoms with van der Waals surface area (Å²) in [4.78, 5) is 23.5. The Morgan fingerprint density at radius 3 is 2.22 bits per heavy atom. The molecule has 0 aliphatic carbocycles. The van der Waals surface area contributed by atoms with Crippen molar-refractivity contribution in [3.63, 3.8) is 0 Å². The Hall–Kier alpha value is -1.19. The van der Waals surface area contributed by atoms with Crippen LogP contribution in [0.2, 0.25) is 0 Å². The van der Waals surface area contributed by atoms with E-state index in [1.54, 1.807) is 11.8 Å². The number of urea groups is 1. The van der Waals surface area contributed by atoms with Crippen LogP contribution in [0.1, 0.15) is 6.92 Å². The van der Waals surface area contributed by atoms with Gasteiger partial charge in [-0.3, -0.25) is 15.0 Å². The third kappa shape index (κ3) is 4.24. The van der Waals surface area contributed by atoms with E-state index in [2.05, 4.69) is 0 Å². The molecule has 1 saturated heterocycles. The van der Waals surface area contributed by atoms with E-state index in [1.807, 2.05) is 5.32 Å². The molecule has 0 atom stereocenters. The highest BCUT2D eigenvalue weighted by molar-refractivity contribution is 7.89. The van der Waals surface area contributed by atoms with Crippen molar-refractivity contribution in [1.29, 1.82) is 0 Å². The highest BCUT2D eigenvalue weighted by Crippen LogP contribution is 2.07. The predicted octanol–water partition coefficient (Wildman–Crippen LogP) is -1.85. The van der Waals surface area contributed by atoms with Crippen molar-refractivity contribution in [2.45, 2.75) is 6.92 Å². The van der Waals surface area contributed by atoms with Crippen LogP contribution in [0.5, 0.6) is 0 Å². The number of hydrogen-bond acceptors (Lipinski definition) is 5. The predicted molar refractivity (Wildman–Crippen MR) is 65.2 cm³/mol. The number of nitrogens with two attached hydrogens (primary N) is 1. The number of imide groups is 1. The Morgan fingerprint density at radius 1 is 1.22 bits per heavy atom. The van der Waals surface area contributed by atoms with Crippen molar-refractivity contribution in [3.05, 3.63) is 0 Å². The molecule has 0 bridgehead atoms. The van der Waals surface area contributed by atoms with E-state index in [9.17, 15) is 18.0 Å². The highest BCUT2D eigenvalue weighted by atomic mass is 32.2. The first kappa shape index (κ1) is 14.9. The summed E-state index contributed by atoms with van der Waals surface area (Å²) in [5.74, 6) is -0.399. The summed E-state index contributed by atoms with van der Waals surface area (Å²) >= 11 is 0. The van der Waals surface area contributed by atoms with Gasteiger partial charge in [0.25, 0.3) is 0 Å². The van der Waals surface area contributed by atoms with Crippen LogP contribution in [0.15, 0.2) is 0 Å². The van der Waals surface area contributed by atoms with Crippen LogP contribution < -0.4 is 11.1 Å². The number of carbonyl (C=O) groups is 2. The number of nitrogens with one attached hydrogen (secondary N) is 1. The lowest BCUT2D eigenvalue weighted by Crippen LogP contribution is -2.52. The highest BCUT2D eigenvalue weighted by Gasteiger charge is 2.26. The fourth-order valence-corrected chi connectivity index (χ4v) is 2.81. The van der Waals surface area contributed by atoms with Crippen molar-refractivity contribution in [2.24, 2.45) is 5.73 Å². The van der Waals surface area contributed by atoms with Gasteiger partial charge in [-0.25, -0.2) is 13.2 Å². The van der Waals surface area contributed by atoms with Crippen LogP contribution >= 0.6 is 0 Å². The van der Waals surface area contributed by atoms with Gasteiger partial charge in [-0.1, -0.05) is 0 Å². The second kappa shape index (κ2) is 6.12. The van der Waals surface area contributed by atoms with Crippen LogP contribution in [0.4, 0.5) is 4.79 Å². The summed E-state index contributed by atoms with van der Waals surface area (Å²) in [5, 5.41) is 1.97. The van der Waals surface area contributed by atoms with Gasteiger partial charge in [0.1, 0.15) is 0 Å². The summed E-state index contributed by atoms with van der Waals surface area (Å²) in [6, 6.07) is -0.882. The van der Waals surface area contributed by atoms with Gasteiger partial charge in [0.05, 0.1) is 12.3 Å². The second-order valence-corrected chi connectivity index (χ2v) is 6.25.